The zero-order valence-electron chi connectivity index (χ0n) is 16.1. The van der Waals surface area contributed by atoms with Gasteiger partial charge in [-0.15, -0.1) is 0 Å². The van der Waals surface area contributed by atoms with Crippen LogP contribution in [0.1, 0.15) is 37.7 Å². The van der Waals surface area contributed by atoms with Gasteiger partial charge in [-0.1, -0.05) is 11.6 Å². The van der Waals surface area contributed by atoms with Crippen LogP contribution in [0.3, 0.4) is 0 Å². The second-order valence-corrected chi connectivity index (χ2v) is 6.94. The molecule has 1 aliphatic rings. The lowest BCUT2D eigenvalue weighted by atomic mass is 9.97. The van der Waals surface area contributed by atoms with E-state index in [2.05, 4.69) is 16.7 Å². The number of hydrogen-bond acceptors (Lipinski definition) is 3. The van der Waals surface area contributed by atoms with Crippen molar-refractivity contribution >= 4 is 11.9 Å². The van der Waals surface area contributed by atoms with Gasteiger partial charge < -0.3 is 15.0 Å². The van der Waals surface area contributed by atoms with Crippen LogP contribution in [0.25, 0.3) is 0 Å². The van der Waals surface area contributed by atoms with E-state index in [9.17, 15) is 14.0 Å². The van der Waals surface area contributed by atoms with Crippen LogP contribution in [-0.2, 0) is 11.3 Å². The van der Waals surface area contributed by atoms with Gasteiger partial charge in [0.1, 0.15) is 6.54 Å². The molecular formula is C20H29FN3O3+. The van der Waals surface area contributed by atoms with Crippen LogP contribution in [0.15, 0.2) is 29.8 Å². The summed E-state index contributed by atoms with van der Waals surface area (Å²) in [5, 5.41) is 5.06. The summed E-state index contributed by atoms with van der Waals surface area (Å²) in [5.41, 5.74) is 2.13. The Morgan fingerprint density at radius 1 is 1.30 bits per heavy atom. The summed E-state index contributed by atoms with van der Waals surface area (Å²) in [5.74, 6) is -0.606. The maximum absolute atomic E-state index is 13.7. The van der Waals surface area contributed by atoms with Crippen molar-refractivity contribution in [3.8, 4) is 5.75 Å². The fraction of sp³-hybridized carbons (Fsp3) is 0.500. The summed E-state index contributed by atoms with van der Waals surface area (Å²) in [4.78, 5) is 24.6. The number of amides is 3. The van der Waals surface area contributed by atoms with Crippen LogP contribution in [0.2, 0.25) is 0 Å². The highest BCUT2D eigenvalue weighted by atomic mass is 19.1. The minimum atomic E-state index is -0.472. The van der Waals surface area contributed by atoms with Gasteiger partial charge in [0.15, 0.2) is 18.1 Å². The van der Waals surface area contributed by atoms with Crippen molar-refractivity contribution in [3.63, 3.8) is 0 Å². The molecule has 1 aromatic rings. The van der Waals surface area contributed by atoms with Gasteiger partial charge in [0.05, 0.1) is 14.2 Å². The number of rotatable bonds is 8. The Labute approximate surface area is 159 Å². The summed E-state index contributed by atoms with van der Waals surface area (Å²) in [6, 6.07) is 4.25. The first kappa shape index (κ1) is 20.9. The summed E-state index contributed by atoms with van der Waals surface area (Å²) < 4.78 is 18.6. The van der Waals surface area contributed by atoms with E-state index in [1.54, 1.807) is 12.1 Å². The van der Waals surface area contributed by atoms with Crippen molar-refractivity contribution in [2.45, 2.75) is 38.6 Å². The van der Waals surface area contributed by atoms with Crippen molar-refractivity contribution in [2.75, 3.05) is 27.2 Å². The molecular weight excluding hydrogens is 349 g/mol. The highest BCUT2D eigenvalue weighted by molar-refractivity contribution is 5.94. The fourth-order valence-electron chi connectivity index (χ4n) is 3.19. The molecule has 0 bridgehead atoms. The zero-order valence-corrected chi connectivity index (χ0v) is 16.1. The Bertz CT molecular complexity index is 691. The average Bonchev–Trinajstić information content (AvgIpc) is 2.62. The fourth-order valence-corrected chi connectivity index (χ4v) is 3.19. The molecule has 0 radical (unpaired) electrons. The zero-order chi connectivity index (χ0) is 19.6. The van der Waals surface area contributed by atoms with E-state index < -0.39 is 11.8 Å². The minimum Gasteiger partial charge on any atom is -0.494 e. The molecule has 0 saturated carbocycles. The highest BCUT2D eigenvalue weighted by Gasteiger charge is 2.14. The standard InChI is InChI=1S/C20H28FN3O3/c1-24(13-16-8-9-18(27-2)17(21)12-16)14-19(25)23-20(26)22-11-10-15-6-4-3-5-7-15/h6,8-9,12H,3-5,7,10-11,13-14H2,1-2H3,(H2,22,23,25,26)/p+1. The SMILES string of the molecule is COc1ccc(C[NH+](C)CC(=O)NC(=O)NCCC2=CCCCC2)cc1F. The van der Waals surface area contributed by atoms with Gasteiger partial charge in [-0.05, 0) is 50.3 Å². The molecule has 0 aliphatic heterocycles. The Morgan fingerprint density at radius 2 is 2.11 bits per heavy atom. The van der Waals surface area contributed by atoms with E-state index in [1.165, 1.54) is 31.6 Å². The maximum atomic E-state index is 13.7. The average molecular weight is 378 g/mol. The van der Waals surface area contributed by atoms with Crippen molar-refractivity contribution in [3.05, 3.63) is 41.2 Å². The molecule has 0 fully saturated rings. The molecule has 1 aromatic carbocycles. The minimum absolute atomic E-state index is 0.117. The summed E-state index contributed by atoms with van der Waals surface area (Å²) in [7, 11) is 3.23. The van der Waals surface area contributed by atoms with Crippen LogP contribution in [0.4, 0.5) is 9.18 Å². The molecule has 1 aliphatic carbocycles. The third-order valence-electron chi connectivity index (χ3n) is 4.55. The number of urea groups is 1. The monoisotopic (exact) mass is 378 g/mol. The molecule has 2 rings (SSSR count). The van der Waals surface area contributed by atoms with Crippen molar-refractivity contribution in [1.82, 2.24) is 10.6 Å². The molecule has 1 atom stereocenters. The number of halogens is 1. The first-order valence-corrected chi connectivity index (χ1v) is 9.37. The lowest BCUT2D eigenvalue weighted by Crippen LogP contribution is -3.09. The number of carbonyl (C=O) groups excluding carboxylic acids is 2. The number of likely N-dealkylation sites (N-methyl/N-ethyl adjacent to an activating group) is 1. The van der Waals surface area contributed by atoms with Crippen molar-refractivity contribution in [1.29, 1.82) is 0 Å². The number of ether oxygens (including phenoxy) is 1. The summed E-state index contributed by atoms with van der Waals surface area (Å²) in [6.07, 6.45) is 7.74. The molecule has 1 unspecified atom stereocenters. The molecule has 3 amide bonds. The third-order valence-corrected chi connectivity index (χ3v) is 4.55. The van der Waals surface area contributed by atoms with Crippen LogP contribution >= 0.6 is 0 Å². The number of benzene rings is 1. The van der Waals surface area contributed by atoms with Gasteiger partial charge in [-0.2, -0.15) is 0 Å². The molecule has 0 aromatic heterocycles. The third kappa shape index (κ3) is 7.38. The second kappa shape index (κ2) is 10.7. The van der Waals surface area contributed by atoms with Gasteiger partial charge in [-0.25, -0.2) is 9.18 Å². The van der Waals surface area contributed by atoms with E-state index in [1.807, 2.05) is 7.05 Å². The van der Waals surface area contributed by atoms with E-state index in [0.29, 0.717) is 13.1 Å². The molecule has 0 saturated heterocycles. The van der Waals surface area contributed by atoms with Crippen LogP contribution in [0, 0.1) is 5.82 Å². The van der Waals surface area contributed by atoms with Gasteiger partial charge in [-0.3, -0.25) is 10.1 Å². The molecule has 3 N–H and O–H groups in total. The van der Waals surface area contributed by atoms with Gasteiger partial charge >= 0.3 is 6.03 Å². The van der Waals surface area contributed by atoms with E-state index in [0.717, 1.165) is 29.7 Å². The number of quaternary nitrogens is 1. The Hall–Kier alpha value is -2.41. The van der Waals surface area contributed by atoms with E-state index in [4.69, 9.17) is 4.74 Å². The Balaban J connectivity index is 1.68. The van der Waals surface area contributed by atoms with Crippen molar-refractivity contribution in [2.24, 2.45) is 0 Å². The predicted molar refractivity (Wildman–Crippen MR) is 101 cm³/mol. The normalized spacial score (nSPS) is 14.9. The number of methoxy groups -OCH3 is 1. The molecule has 0 spiro atoms. The molecule has 0 heterocycles. The number of carbonyl (C=O) groups is 2. The second-order valence-electron chi connectivity index (χ2n) is 6.94. The van der Waals surface area contributed by atoms with E-state index >= 15 is 0 Å². The number of imide groups is 1. The quantitative estimate of drug-likeness (QED) is 0.601. The predicted octanol–water partition coefficient (Wildman–Crippen LogP) is 1.57. The highest BCUT2D eigenvalue weighted by Crippen LogP contribution is 2.19. The van der Waals surface area contributed by atoms with Crippen LogP contribution in [-0.4, -0.2) is 39.2 Å². The number of hydrogen-bond donors (Lipinski definition) is 3. The number of nitrogens with one attached hydrogen (secondary N) is 3. The topological polar surface area (TPSA) is 71.9 Å². The first-order valence-electron chi connectivity index (χ1n) is 9.37. The van der Waals surface area contributed by atoms with Gasteiger partial charge in [0.25, 0.3) is 5.91 Å². The first-order chi connectivity index (χ1) is 13.0. The molecule has 7 heteroatoms. The molecule has 27 heavy (non-hydrogen) atoms. The Morgan fingerprint density at radius 3 is 2.78 bits per heavy atom. The van der Waals surface area contributed by atoms with Crippen molar-refractivity contribution < 1.29 is 23.6 Å². The Kier molecular flexibility index (Phi) is 8.26. The van der Waals surface area contributed by atoms with Gasteiger partial charge in [0, 0.05) is 12.1 Å². The van der Waals surface area contributed by atoms with Gasteiger partial charge in [0.2, 0.25) is 0 Å². The van der Waals surface area contributed by atoms with Crippen LogP contribution < -0.4 is 20.3 Å². The summed E-state index contributed by atoms with van der Waals surface area (Å²) in [6.45, 7) is 1.11. The lowest BCUT2D eigenvalue weighted by Gasteiger charge is -2.15. The molecule has 6 nitrogen and oxygen atoms in total. The molecule has 148 valence electrons. The van der Waals surface area contributed by atoms with E-state index in [-0.39, 0.29) is 18.2 Å². The largest absolute Gasteiger partial charge is 0.494 e. The summed E-state index contributed by atoms with van der Waals surface area (Å²) >= 11 is 0. The van der Waals surface area contributed by atoms with Crippen LogP contribution in [0.5, 0.6) is 5.75 Å². The maximum Gasteiger partial charge on any atom is 0.321 e. The smallest absolute Gasteiger partial charge is 0.321 e. The number of allylic oxidation sites excluding steroid dienone is 1. The lowest BCUT2D eigenvalue weighted by molar-refractivity contribution is -0.885.